The second kappa shape index (κ2) is 14.5. The van der Waals surface area contributed by atoms with Crippen LogP contribution in [-0.2, 0) is 24.0 Å². The number of rotatable bonds is 9. The van der Waals surface area contributed by atoms with Crippen molar-refractivity contribution in [2.45, 2.75) is 53.9 Å². The number of pyridine rings is 1. The van der Waals surface area contributed by atoms with Gasteiger partial charge in [0, 0.05) is 61.1 Å². The van der Waals surface area contributed by atoms with E-state index in [1.54, 1.807) is 0 Å². The zero-order valence-electron chi connectivity index (χ0n) is 28.4. The average molecular weight is 654 g/mol. The van der Waals surface area contributed by atoms with Crippen molar-refractivity contribution in [3.05, 3.63) is 86.1 Å². The van der Waals surface area contributed by atoms with E-state index in [0.717, 1.165) is 90.9 Å². The van der Waals surface area contributed by atoms with Crippen molar-refractivity contribution >= 4 is 22.9 Å². The summed E-state index contributed by atoms with van der Waals surface area (Å²) in [7, 11) is 0. The summed E-state index contributed by atoms with van der Waals surface area (Å²) in [6.07, 6.45) is 2.17. The van der Waals surface area contributed by atoms with Crippen LogP contribution in [0.1, 0.15) is 59.8 Å². The number of para-hydroxylation sites is 1. The Morgan fingerprint density at radius 2 is 1.64 bits per heavy atom. The number of aromatic nitrogens is 2. The minimum Gasteiger partial charge on any atom is -0.378 e. The molecule has 2 aliphatic heterocycles. The van der Waals surface area contributed by atoms with E-state index in [1.807, 2.05) is 15.5 Å². The van der Waals surface area contributed by atoms with E-state index in [2.05, 4.69) is 87.3 Å². The maximum absolute atomic E-state index is 14.9. The molecule has 0 spiro atoms. The summed E-state index contributed by atoms with van der Waals surface area (Å²) in [6, 6.07) is 16.7. The van der Waals surface area contributed by atoms with Gasteiger partial charge in [-0.3, -0.25) is 14.2 Å². The summed E-state index contributed by atoms with van der Waals surface area (Å²) in [5, 5.41) is 4.01. The Labute approximate surface area is 282 Å². The van der Waals surface area contributed by atoms with Crippen molar-refractivity contribution in [3.8, 4) is 27.5 Å². The second-order valence-electron chi connectivity index (χ2n) is 12.9. The zero-order chi connectivity index (χ0) is 33.1. The molecule has 2 aliphatic rings. The number of carbonyl (C=O) groups is 1. The summed E-state index contributed by atoms with van der Waals surface area (Å²) >= 11 is 1.52. The molecule has 0 atom stereocenters. The summed E-state index contributed by atoms with van der Waals surface area (Å²) in [6.45, 7) is 16.7. The van der Waals surface area contributed by atoms with Crippen LogP contribution in [0, 0.1) is 12.8 Å². The van der Waals surface area contributed by atoms with Crippen molar-refractivity contribution in [2.24, 2.45) is 5.92 Å². The summed E-state index contributed by atoms with van der Waals surface area (Å²) < 4.78 is 7.41. The van der Waals surface area contributed by atoms with Gasteiger partial charge in [0.15, 0.2) is 0 Å². The van der Waals surface area contributed by atoms with Gasteiger partial charge in [0.1, 0.15) is 5.01 Å². The van der Waals surface area contributed by atoms with E-state index in [-0.39, 0.29) is 17.4 Å². The third kappa shape index (κ3) is 6.80. The first-order valence-electron chi connectivity index (χ1n) is 17.1. The number of amides is 1. The maximum Gasteiger partial charge on any atom is 0.265 e. The fourth-order valence-electron chi connectivity index (χ4n) is 6.79. The molecule has 6 rings (SSSR count). The lowest BCUT2D eigenvalue weighted by Crippen LogP contribution is -2.47. The molecule has 4 heterocycles. The fraction of sp³-hybridized carbons (Fsp3) is 0.447. The quantitative estimate of drug-likeness (QED) is 0.234. The molecule has 8 nitrogen and oxygen atoms in total. The molecule has 0 saturated carbocycles. The van der Waals surface area contributed by atoms with Crippen molar-refractivity contribution < 1.29 is 9.53 Å². The van der Waals surface area contributed by atoms with Gasteiger partial charge in [-0.1, -0.05) is 58.0 Å². The lowest BCUT2D eigenvalue weighted by Gasteiger charge is -2.30. The molecule has 2 aromatic heterocycles. The Hall–Kier alpha value is -3.79. The van der Waals surface area contributed by atoms with Crippen molar-refractivity contribution in [3.63, 3.8) is 0 Å². The van der Waals surface area contributed by atoms with Crippen molar-refractivity contribution in [2.75, 3.05) is 57.4 Å². The van der Waals surface area contributed by atoms with Gasteiger partial charge in [-0.05, 0) is 61.4 Å². The number of thiazole rings is 1. The van der Waals surface area contributed by atoms with E-state index in [4.69, 9.17) is 9.72 Å². The predicted octanol–water partition coefficient (Wildman–Crippen LogP) is 6.14. The van der Waals surface area contributed by atoms with Gasteiger partial charge < -0.3 is 19.9 Å². The molecular weight excluding hydrogens is 607 g/mol. The summed E-state index contributed by atoms with van der Waals surface area (Å²) in [4.78, 5) is 39.7. The highest BCUT2D eigenvalue weighted by Gasteiger charge is 2.29. The fourth-order valence-corrected chi connectivity index (χ4v) is 7.73. The zero-order valence-corrected chi connectivity index (χ0v) is 29.2. The standard InChI is InChI=1S/C38H47N5O3S/c1-6-27-9-8-10-28(7-2)35(27)43-33(23-25(3)4)31(37(44)42-17-15-39-16-18-42)24-32(38(43)45)36-40-34(26(5)47-36)29-11-13-30(14-12-29)41-19-21-46-22-20-41/h8-14,24-25,39H,6-7,15-23H2,1-5H3. The van der Waals surface area contributed by atoms with Crippen LogP contribution in [0.3, 0.4) is 0 Å². The molecule has 0 bridgehead atoms. The average Bonchev–Trinajstić information content (AvgIpc) is 3.49. The second-order valence-corrected chi connectivity index (χ2v) is 14.1. The Morgan fingerprint density at radius 3 is 2.26 bits per heavy atom. The number of nitrogens with zero attached hydrogens (tertiary/aromatic N) is 4. The van der Waals surface area contributed by atoms with E-state index in [1.165, 1.54) is 17.0 Å². The van der Waals surface area contributed by atoms with Crippen molar-refractivity contribution in [1.82, 2.24) is 19.8 Å². The van der Waals surface area contributed by atoms with Gasteiger partial charge in [-0.15, -0.1) is 11.3 Å². The van der Waals surface area contributed by atoms with Crippen LogP contribution in [0.2, 0.25) is 0 Å². The first-order valence-corrected chi connectivity index (χ1v) is 17.9. The normalized spacial score (nSPS) is 15.4. The number of hydrogen-bond donors (Lipinski definition) is 1. The van der Waals surface area contributed by atoms with Crippen molar-refractivity contribution in [1.29, 1.82) is 0 Å². The van der Waals surface area contributed by atoms with Gasteiger partial charge in [0.2, 0.25) is 0 Å². The number of ether oxygens (including phenoxy) is 1. The Bertz CT molecular complexity index is 1760. The van der Waals surface area contributed by atoms with Crippen LogP contribution in [0.4, 0.5) is 5.69 Å². The number of anilines is 1. The molecular formula is C38H47N5O3S. The van der Waals surface area contributed by atoms with Gasteiger partial charge in [0.25, 0.3) is 11.5 Å². The Balaban J connectivity index is 1.53. The highest BCUT2D eigenvalue weighted by atomic mass is 32.1. The number of benzene rings is 2. The maximum atomic E-state index is 14.9. The number of carbonyl (C=O) groups excluding carboxylic acids is 1. The van der Waals surface area contributed by atoms with E-state index in [9.17, 15) is 9.59 Å². The number of hydrogen-bond acceptors (Lipinski definition) is 7. The van der Waals surface area contributed by atoms with Gasteiger partial charge >= 0.3 is 0 Å². The third-order valence-electron chi connectivity index (χ3n) is 9.27. The van der Waals surface area contributed by atoms with E-state index in [0.29, 0.717) is 35.6 Å². The molecule has 4 aromatic rings. The molecule has 2 aromatic carbocycles. The van der Waals surface area contributed by atoms with Crippen LogP contribution in [0.15, 0.2) is 53.3 Å². The van der Waals surface area contributed by atoms with E-state index >= 15 is 0 Å². The van der Waals surface area contributed by atoms with Crippen LogP contribution < -0.4 is 15.8 Å². The Morgan fingerprint density at radius 1 is 0.979 bits per heavy atom. The first-order chi connectivity index (χ1) is 22.8. The van der Waals surface area contributed by atoms with Crippen LogP contribution in [0.25, 0.3) is 27.5 Å². The lowest BCUT2D eigenvalue weighted by molar-refractivity contribution is 0.0733. The van der Waals surface area contributed by atoms with Crippen LogP contribution >= 0.6 is 11.3 Å². The molecule has 248 valence electrons. The molecule has 1 amide bonds. The molecule has 0 unspecified atom stereocenters. The largest absolute Gasteiger partial charge is 0.378 e. The minimum atomic E-state index is -0.115. The SMILES string of the molecule is CCc1cccc(CC)c1-n1c(CC(C)C)c(C(=O)N2CCNCC2)cc(-c2nc(-c3ccc(N4CCOCC4)cc3)c(C)s2)c1=O. The van der Waals surface area contributed by atoms with Crippen LogP contribution in [-0.4, -0.2) is 72.8 Å². The topological polar surface area (TPSA) is 79.7 Å². The van der Waals surface area contributed by atoms with Gasteiger partial charge in [0.05, 0.1) is 35.7 Å². The lowest BCUT2D eigenvalue weighted by atomic mass is 9.97. The predicted molar refractivity (Wildman–Crippen MR) is 192 cm³/mol. The molecule has 0 aliphatic carbocycles. The number of nitrogens with one attached hydrogen (secondary N) is 1. The summed E-state index contributed by atoms with van der Waals surface area (Å²) in [5.74, 6) is 0.227. The first kappa shape index (κ1) is 33.1. The Kier molecular flexibility index (Phi) is 10.2. The monoisotopic (exact) mass is 653 g/mol. The van der Waals surface area contributed by atoms with E-state index < -0.39 is 0 Å². The number of aryl methyl sites for hydroxylation is 3. The molecule has 0 radical (unpaired) electrons. The molecule has 1 N–H and O–H groups in total. The number of piperazine rings is 1. The number of morpholine rings is 1. The highest BCUT2D eigenvalue weighted by Crippen LogP contribution is 2.35. The van der Waals surface area contributed by atoms with Gasteiger partial charge in [-0.25, -0.2) is 4.98 Å². The molecule has 2 fully saturated rings. The summed E-state index contributed by atoms with van der Waals surface area (Å²) in [5.41, 5.74) is 7.94. The van der Waals surface area contributed by atoms with Gasteiger partial charge in [-0.2, -0.15) is 0 Å². The molecule has 47 heavy (non-hydrogen) atoms. The van der Waals surface area contributed by atoms with Crippen LogP contribution in [0.5, 0.6) is 0 Å². The molecule has 9 heteroatoms. The smallest absolute Gasteiger partial charge is 0.265 e. The molecule has 2 saturated heterocycles. The highest BCUT2D eigenvalue weighted by molar-refractivity contribution is 7.15. The third-order valence-corrected chi connectivity index (χ3v) is 10.3. The minimum absolute atomic E-state index is 0.0172.